The Bertz CT molecular complexity index is 677. The summed E-state index contributed by atoms with van der Waals surface area (Å²) in [6.45, 7) is 7.58. The minimum atomic E-state index is 0.281. The summed E-state index contributed by atoms with van der Waals surface area (Å²) in [6.07, 6.45) is 9.28. The van der Waals surface area contributed by atoms with Gasteiger partial charge in [0.1, 0.15) is 0 Å². The molecule has 142 valence electrons. The van der Waals surface area contributed by atoms with Crippen LogP contribution in [0.1, 0.15) is 44.6 Å². The van der Waals surface area contributed by atoms with Crippen LogP contribution in [0.4, 0.5) is 0 Å². The van der Waals surface area contributed by atoms with Crippen LogP contribution < -0.4 is 0 Å². The van der Waals surface area contributed by atoms with Gasteiger partial charge in [-0.1, -0.05) is 25.1 Å². The third-order valence-electron chi connectivity index (χ3n) is 5.78. The fourth-order valence-electron chi connectivity index (χ4n) is 3.83. The van der Waals surface area contributed by atoms with Crippen molar-refractivity contribution in [3.63, 3.8) is 0 Å². The SMILES string of the molecule is CC1(CCN(CCCCO)Cc2cccc3cnccc23)CCOCC1. The maximum absolute atomic E-state index is 9.15. The van der Waals surface area contributed by atoms with Gasteiger partial charge in [-0.3, -0.25) is 9.88 Å². The van der Waals surface area contributed by atoms with E-state index in [-0.39, 0.29) is 6.61 Å². The van der Waals surface area contributed by atoms with E-state index >= 15 is 0 Å². The van der Waals surface area contributed by atoms with Crippen LogP contribution in [0, 0.1) is 5.41 Å². The fraction of sp³-hybridized carbons (Fsp3) is 0.591. The van der Waals surface area contributed by atoms with Crippen LogP contribution in [-0.2, 0) is 11.3 Å². The highest BCUT2D eigenvalue weighted by Crippen LogP contribution is 2.33. The van der Waals surface area contributed by atoms with E-state index in [4.69, 9.17) is 9.84 Å². The number of hydrogen-bond donors (Lipinski definition) is 1. The molecule has 1 aliphatic rings. The van der Waals surface area contributed by atoms with Gasteiger partial charge >= 0.3 is 0 Å². The predicted molar refractivity (Wildman–Crippen MR) is 106 cm³/mol. The third kappa shape index (κ3) is 5.26. The predicted octanol–water partition coefficient (Wildman–Crippen LogP) is 4.02. The first-order valence-corrected chi connectivity index (χ1v) is 9.93. The Hall–Kier alpha value is -1.49. The van der Waals surface area contributed by atoms with Gasteiger partial charge in [0.15, 0.2) is 0 Å². The van der Waals surface area contributed by atoms with Gasteiger partial charge in [-0.2, -0.15) is 0 Å². The first kappa shape index (κ1) is 19.3. The molecule has 4 nitrogen and oxygen atoms in total. The zero-order chi connectivity index (χ0) is 18.2. The Balaban J connectivity index is 1.68. The van der Waals surface area contributed by atoms with E-state index in [1.165, 1.54) is 22.8 Å². The average molecular weight is 357 g/mol. The summed E-state index contributed by atoms with van der Waals surface area (Å²) in [4.78, 5) is 6.81. The lowest BCUT2D eigenvalue weighted by atomic mass is 9.79. The standard InChI is InChI=1S/C22H32N2O2/c1-22(9-15-26-16-10-22)8-13-24(12-2-3-14-25)18-20-6-4-5-19-17-23-11-7-21(19)20/h4-7,11,17,25H,2-3,8-10,12-16,18H2,1H3. The van der Waals surface area contributed by atoms with Crippen LogP contribution in [0.2, 0.25) is 0 Å². The first-order chi connectivity index (χ1) is 12.7. The molecule has 1 aromatic carbocycles. The summed E-state index contributed by atoms with van der Waals surface area (Å²) in [6, 6.07) is 8.62. The van der Waals surface area contributed by atoms with Crippen molar-refractivity contribution in [2.45, 2.75) is 45.6 Å². The smallest absolute Gasteiger partial charge is 0.0471 e. The molecule has 2 heterocycles. The zero-order valence-electron chi connectivity index (χ0n) is 16.0. The van der Waals surface area contributed by atoms with E-state index in [0.717, 1.165) is 58.5 Å². The van der Waals surface area contributed by atoms with Crippen LogP contribution in [-0.4, -0.2) is 47.9 Å². The molecule has 1 fully saturated rings. The Kier molecular flexibility index (Phi) is 7.00. The van der Waals surface area contributed by atoms with E-state index in [1.807, 2.05) is 12.4 Å². The van der Waals surface area contributed by atoms with Crippen molar-refractivity contribution < 1.29 is 9.84 Å². The second kappa shape index (κ2) is 9.45. The van der Waals surface area contributed by atoms with Gasteiger partial charge in [-0.05, 0) is 67.6 Å². The monoisotopic (exact) mass is 356 g/mol. The summed E-state index contributed by atoms with van der Waals surface area (Å²) in [5, 5.41) is 11.6. The summed E-state index contributed by atoms with van der Waals surface area (Å²) >= 11 is 0. The number of aliphatic hydroxyl groups is 1. The molecule has 1 N–H and O–H groups in total. The molecule has 0 bridgehead atoms. The second-order valence-electron chi connectivity index (χ2n) is 7.89. The molecular formula is C22H32N2O2. The molecule has 3 rings (SSSR count). The number of nitrogens with zero attached hydrogens (tertiary/aromatic N) is 2. The normalized spacial score (nSPS) is 17.0. The van der Waals surface area contributed by atoms with E-state index in [9.17, 15) is 0 Å². The van der Waals surface area contributed by atoms with Crippen LogP contribution in [0.15, 0.2) is 36.7 Å². The van der Waals surface area contributed by atoms with Gasteiger partial charge in [-0.15, -0.1) is 0 Å². The molecule has 4 heteroatoms. The van der Waals surface area contributed by atoms with Gasteiger partial charge in [0.2, 0.25) is 0 Å². The molecule has 0 radical (unpaired) electrons. The Morgan fingerprint density at radius 3 is 2.81 bits per heavy atom. The Morgan fingerprint density at radius 1 is 1.15 bits per heavy atom. The lowest BCUT2D eigenvalue weighted by Gasteiger charge is -2.35. The molecule has 0 amide bonds. The van der Waals surface area contributed by atoms with E-state index in [2.05, 4.69) is 41.1 Å². The van der Waals surface area contributed by atoms with Gasteiger partial charge in [0.25, 0.3) is 0 Å². The van der Waals surface area contributed by atoms with Crippen molar-refractivity contribution in [2.75, 3.05) is 32.9 Å². The summed E-state index contributed by atoms with van der Waals surface area (Å²) < 4.78 is 5.55. The highest BCUT2D eigenvalue weighted by molar-refractivity contribution is 5.84. The van der Waals surface area contributed by atoms with Gasteiger partial charge in [-0.25, -0.2) is 0 Å². The van der Waals surface area contributed by atoms with Crippen molar-refractivity contribution in [1.29, 1.82) is 0 Å². The summed E-state index contributed by atoms with van der Waals surface area (Å²) in [7, 11) is 0. The third-order valence-corrected chi connectivity index (χ3v) is 5.78. The molecule has 26 heavy (non-hydrogen) atoms. The molecule has 0 saturated carbocycles. The molecular weight excluding hydrogens is 324 g/mol. The Labute approximate surface area is 157 Å². The maximum Gasteiger partial charge on any atom is 0.0471 e. The lowest BCUT2D eigenvalue weighted by molar-refractivity contribution is 0.0144. The molecule has 0 unspecified atom stereocenters. The number of aliphatic hydroxyl groups excluding tert-OH is 1. The van der Waals surface area contributed by atoms with Crippen molar-refractivity contribution in [1.82, 2.24) is 9.88 Å². The topological polar surface area (TPSA) is 45.6 Å². The lowest BCUT2D eigenvalue weighted by Crippen LogP contribution is -2.33. The number of rotatable bonds is 9. The molecule has 0 atom stereocenters. The number of ether oxygens (including phenoxy) is 1. The average Bonchev–Trinajstić information content (AvgIpc) is 2.67. The first-order valence-electron chi connectivity index (χ1n) is 9.93. The fourth-order valence-corrected chi connectivity index (χ4v) is 3.83. The number of fused-ring (bicyclic) bond motifs is 1. The van der Waals surface area contributed by atoms with Gasteiger partial charge < -0.3 is 9.84 Å². The van der Waals surface area contributed by atoms with Crippen LogP contribution >= 0.6 is 0 Å². The van der Waals surface area contributed by atoms with Crippen LogP contribution in [0.5, 0.6) is 0 Å². The number of unbranched alkanes of at least 4 members (excludes halogenated alkanes) is 1. The molecule has 1 aromatic heterocycles. The minimum absolute atomic E-state index is 0.281. The summed E-state index contributed by atoms with van der Waals surface area (Å²) in [5.41, 5.74) is 1.77. The van der Waals surface area contributed by atoms with Crippen molar-refractivity contribution >= 4 is 10.8 Å². The number of pyridine rings is 1. The highest BCUT2D eigenvalue weighted by atomic mass is 16.5. The molecule has 0 aliphatic carbocycles. The number of benzene rings is 1. The molecule has 2 aromatic rings. The largest absolute Gasteiger partial charge is 0.396 e. The number of aromatic nitrogens is 1. The van der Waals surface area contributed by atoms with E-state index < -0.39 is 0 Å². The Morgan fingerprint density at radius 2 is 2.00 bits per heavy atom. The van der Waals surface area contributed by atoms with E-state index in [0.29, 0.717) is 5.41 Å². The van der Waals surface area contributed by atoms with E-state index in [1.54, 1.807) is 0 Å². The van der Waals surface area contributed by atoms with Crippen molar-refractivity contribution in [3.8, 4) is 0 Å². The molecule has 0 spiro atoms. The van der Waals surface area contributed by atoms with Gasteiger partial charge in [0.05, 0.1) is 0 Å². The quantitative estimate of drug-likeness (QED) is 0.690. The zero-order valence-corrected chi connectivity index (χ0v) is 16.0. The highest BCUT2D eigenvalue weighted by Gasteiger charge is 2.27. The molecule has 1 saturated heterocycles. The van der Waals surface area contributed by atoms with Crippen molar-refractivity contribution in [3.05, 3.63) is 42.2 Å². The molecule has 1 aliphatic heterocycles. The van der Waals surface area contributed by atoms with Crippen LogP contribution in [0.25, 0.3) is 10.8 Å². The minimum Gasteiger partial charge on any atom is -0.396 e. The number of hydrogen-bond acceptors (Lipinski definition) is 4. The van der Waals surface area contributed by atoms with Gasteiger partial charge in [0, 0.05) is 44.1 Å². The second-order valence-corrected chi connectivity index (χ2v) is 7.89. The van der Waals surface area contributed by atoms with Crippen molar-refractivity contribution in [2.24, 2.45) is 5.41 Å². The summed E-state index contributed by atoms with van der Waals surface area (Å²) in [5.74, 6) is 0. The van der Waals surface area contributed by atoms with Crippen LogP contribution in [0.3, 0.4) is 0 Å². The maximum atomic E-state index is 9.15.